The predicted octanol–water partition coefficient (Wildman–Crippen LogP) is 3.71. The molecule has 4 atom stereocenters. The number of fused-ring (bicyclic) bond motifs is 2. The summed E-state index contributed by atoms with van der Waals surface area (Å²) < 4.78 is 17.2. The molecular weight excluding hydrogens is 564 g/mol. The lowest BCUT2D eigenvalue weighted by Gasteiger charge is -2.37. The highest BCUT2D eigenvalue weighted by molar-refractivity contribution is 6.10. The molecule has 0 unspecified atom stereocenters. The number of ether oxygens (including phenoxy) is 3. The van der Waals surface area contributed by atoms with E-state index in [2.05, 4.69) is 0 Å². The van der Waals surface area contributed by atoms with E-state index in [9.17, 15) is 45.3 Å². The van der Waals surface area contributed by atoms with Crippen LogP contribution in [0.15, 0.2) is 60.7 Å². The second-order valence-electron chi connectivity index (χ2n) is 10.1. The Morgan fingerprint density at radius 3 is 2.00 bits per heavy atom. The molecule has 12 heteroatoms. The minimum Gasteiger partial charge on any atom is -0.508 e. The van der Waals surface area contributed by atoms with Crippen LogP contribution in [-0.4, -0.2) is 60.5 Å². The van der Waals surface area contributed by atoms with Crippen LogP contribution in [0.4, 0.5) is 0 Å². The molecule has 0 bridgehead atoms. The van der Waals surface area contributed by atoms with Gasteiger partial charge in [-0.1, -0.05) is 18.2 Å². The number of ketones is 2. The van der Waals surface area contributed by atoms with Crippen LogP contribution in [0, 0.1) is 0 Å². The molecule has 2 aliphatic heterocycles. The number of carbonyl (C=O) groups excluding carboxylic acids is 2. The molecule has 4 aromatic carbocycles. The summed E-state index contributed by atoms with van der Waals surface area (Å²) in [6, 6.07) is 12.5. The maximum atomic E-state index is 14.2. The zero-order valence-corrected chi connectivity index (χ0v) is 22.3. The van der Waals surface area contributed by atoms with Gasteiger partial charge in [0.25, 0.3) is 0 Å². The number of phenolic OH excluding ortho intramolecular Hbond substituents is 6. The summed E-state index contributed by atoms with van der Waals surface area (Å²) in [5, 5.41) is 73.6. The number of benzene rings is 4. The number of hydrogen-bond donors (Lipinski definition) is 7. The third-order valence-electron chi connectivity index (χ3n) is 7.54. The molecule has 0 saturated carbocycles. The molecule has 220 valence electrons. The lowest BCUT2D eigenvalue weighted by atomic mass is 9.78. The smallest absolute Gasteiger partial charge is 0.202 e. The van der Waals surface area contributed by atoms with Gasteiger partial charge in [-0.05, 0) is 35.4 Å². The normalized spacial score (nSPS) is 20.9. The van der Waals surface area contributed by atoms with Crippen molar-refractivity contribution < 1.29 is 59.5 Å². The van der Waals surface area contributed by atoms with E-state index in [1.165, 1.54) is 49.6 Å². The second-order valence-corrected chi connectivity index (χ2v) is 10.1. The highest BCUT2D eigenvalue weighted by Crippen LogP contribution is 2.55. The summed E-state index contributed by atoms with van der Waals surface area (Å²) in [7, 11) is 1.34. The van der Waals surface area contributed by atoms with Crippen molar-refractivity contribution in [3.8, 4) is 51.7 Å². The standard InChI is InChI=1S/C31H24O12/c1-41-20-7-4-13(8-16(20)34)30-28(40)27(39)24-19(37)11-18(36)23(31(24)43-30)25-26(38)22-17(35)9-15(33)10-21(22)42-29(25)12-2-5-14(32)6-3-12/h2-11,25,28-30,32-37,40H,1H3/t25-,28+,29-,30+/m1/s1. The van der Waals surface area contributed by atoms with Crippen LogP contribution in [0.5, 0.6) is 51.7 Å². The minimum atomic E-state index is -1.86. The summed E-state index contributed by atoms with van der Waals surface area (Å²) in [5.41, 5.74) is -0.662. The molecule has 0 fully saturated rings. The Morgan fingerprint density at radius 1 is 0.651 bits per heavy atom. The van der Waals surface area contributed by atoms with Gasteiger partial charge in [0.15, 0.2) is 29.5 Å². The molecule has 6 rings (SSSR count). The summed E-state index contributed by atoms with van der Waals surface area (Å²) in [4.78, 5) is 27.6. The first kappa shape index (κ1) is 27.5. The SMILES string of the molecule is COc1ccc([C@@H]2Oc3c(c(O)cc(O)c3[C@@H]3C(=O)c4c(O)cc(O)cc4O[C@@H]3c3ccc(O)cc3)C(=O)[C@@H]2O)cc1O. The molecule has 0 saturated heterocycles. The molecule has 43 heavy (non-hydrogen) atoms. The average molecular weight is 589 g/mol. The van der Waals surface area contributed by atoms with Crippen molar-refractivity contribution in [3.05, 3.63) is 88.5 Å². The first-order valence-corrected chi connectivity index (χ1v) is 12.9. The maximum absolute atomic E-state index is 14.2. The topological polar surface area (TPSA) is 203 Å². The molecule has 0 radical (unpaired) electrons. The fourth-order valence-electron chi connectivity index (χ4n) is 5.55. The lowest BCUT2D eigenvalue weighted by Crippen LogP contribution is -2.38. The molecule has 0 aromatic heterocycles. The fraction of sp³-hybridized carbons (Fsp3) is 0.161. The van der Waals surface area contributed by atoms with Crippen molar-refractivity contribution in [2.75, 3.05) is 7.11 Å². The fourth-order valence-corrected chi connectivity index (χ4v) is 5.55. The molecular formula is C31H24O12. The summed E-state index contributed by atoms with van der Waals surface area (Å²) in [6.45, 7) is 0. The lowest BCUT2D eigenvalue weighted by molar-refractivity contribution is 0.0196. The summed E-state index contributed by atoms with van der Waals surface area (Å²) in [6.07, 6.45) is -4.58. The van der Waals surface area contributed by atoms with E-state index in [-0.39, 0.29) is 45.4 Å². The Balaban J connectivity index is 1.58. The second kappa shape index (κ2) is 10.0. The highest BCUT2D eigenvalue weighted by Gasteiger charge is 2.48. The number of phenols is 6. The molecule has 12 nitrogen and oxygen atoms in total. The highest BCUT2D eigenvalue weighted by atomic mass is 16.5. The summed E-state index contributed by atoms with van der Waals surface area (Å²) in [5.74, 6) is -6.56. The van der Waals surface area contributed by atoms with Gasteiger partial charge in [0.05, 0.1) is 18.6 Å². The quantitative estimate of drug-likeness (QED) is 0.182. The van der Waals surface area contributed by atoms with Gasteiger partial charge in [-0.2, -0.15) is 0 Å². The third kappa shape index (κ3) is 4.35. The van der Waals surface area contributed by atoms with Crippen molar-refractivity contribution in [2.45, 2.75) is 24.2 Å². The molecule has 2 heterocycles. The number of rotatable bonds is 4. The largest absolute Gasteiger partial charge is 0.508 e. The van der Waals surface area contributed by atoms with Gasteiger partial charge in [0.1, 0.15) is 57.5 Å². The van der Waals surface area contributed by atoms with Crippen molar-refractivity contribution in [3.63, 3.8) is 0 Å². The van der Waals surface area contributed by atoms with Crippen LogP contribution < -0.4 is 14.2 Å². The Hall–Kier alpha value is -5.62. The van der Waals surface area contributed by atoms with Crippen molar-refractivity contribution >= 4 is 11.6 Å². The number of aromatic hydroxyl groups is 6. The Bertz CT molecular complexity index is 1800. The van der Waals surface area contributed by atoms with Gasteiger partial charge in [-0.3, -0.25) is 9.59 Å². The maximum Gasteiger partial charge on any atom is 0.202 e. The van der Waals surface area contributed by atoms with Crippen molar-refractivity contribution in [2.24, 2.45) is 0 Å². The molecule has 7 N–H and O–H groups in total. The van der Waals surface area contributed by atoms with E-state index in [1.807, 2.05) is 0 Å². The van der Waals surface area contributed by atoms with Gasteiger partial charge >= 0.3 is 0 Å². The third-order valence-corrected chi connectivity index (χ3v) is 7.54. The number of methoxy groups -OCH3 is 1. The minimum absolute atomic E-state index is 0.0866. The van der Waals surface area contributed by atoms with E-state index in [1.54, 1.807) is 0 Å². The van der Waals surface area contributed by atoms with Gasteiger partial charge in [0, 0.05) is 18.2 Å². The predicted molar refractivity (Wildman–Crippen MR) is 146 cm³/mol. The summed E-state index contributed by atoms with van der Waals surface area (Å²) >= 11 is 0. The Kier molecular flexibility index (Phi) is 6.43. The van der Waals surface area contributed by atoms with Crippen LogP contribution in [0.2, 0.25) is 0 Å². The monoisotopic (exact) mass is 588 g/mol. The molecule has 2 aliphatic rings. The van der Waals surface area contributed by atoms with Gasteiger partial charge in [-0.15, -0.1) is 0 Å². The number of carbonyl (C=O) groups is 2. The number of aliphatic hydroxyl groups is 1. The first-order valence-electron chi connectivity index (χ1n) is 12.9. The number of Topliss-reactive ketones (excluding diaryl/α,β-unsaturated/α-hetero) is 2. The van der Waals surface area contributed by atoms with E-state index < -0.39 is 64.4 Å². The van der Waals surface area contributed by atoms with Crippen LogP contribution in [-0.2, 0) is 0 Å². The number of aliphatic hydroxyl groups excluding tert-OH is 1. The van der Waals surface area contributed by atoms with Crippen molar-refractivity contribution in [1.29, 1.82) is 0 Å². The Labute approximate surface area is 242 Å². The van der Waals surface area contributed by atoms with E-state index in [0.29, 0.717) is 5.56 Å². The molecule has 0 amide bonds. The van der Waals surface area contributed by atoms with E-state index >= 15 is 0 Å². The van der Waals surface area contributed by atoms with Gasteiger partial charge in [0.2, 0.25) is 5.78 Å². The molecule has 0 spiro atoms. The van der Waals surface area contributed by atoms with E-state index in [0.717, 1.165) is 18.2 Å². The van der Waals surface area contributed by atoms with E-state index in [4.69, 9.17) is 14.2 Å². The van der Waals surface area contributed by atoms with Crippen LogP contribution in [0.25, 0.3) is 0 Å². The van der Waals surface area contributed by atoms with Gasteiger partial charge < -0.3 is 50.0 Å². The first-order chi connectivity index (χ1) is 20.5. The zero-order chi connectivity index (χ0) is 30.7. The van der Waals surface area contributed by atoms with Gasteiger partial charge in [-0.25, -0.2) is 0 Å². The molecule has 4 aromatic rings. The van der Waals surface area contributed by atoms with Crippen molar-refractivity contribution in [1.82, 2.24) is 0 Å². The average Bonchev–Trinajstić information content (AvgIpc) is 2.95. The van der Waals surface area contributed by atoms with Crippen LogP contribution >= 0.6 is 0 Å². The van der Waals surface area contributed by atoms with Crippen LogP contribution in [0.1, 0.15) is 55.5 Å². The molecule has 0 aliphatic carbocycles. The van der Waals surface area contributed by atoms with Crippen LogP contribution in [0.3, 0.4) is 0 Å². The zero-order valence-electron chi connectivity index (χ0n) is 22.3. The Morgan fingerprint density at radius 2 is 1.33 bits per heavy atom. The number of hydrogen-bond acceptors (Lipinski definition) is 12.